The minimum atomic E-state index is -0.350. The Balaban J connectivity index is 1.38. The monoisotopic (exact) mass is 471 g/mol. The molecular weight excluding hydrogens is 446 g/mol. The zero-order chi connectivity index (χ0) is 21.1. The molecule has 4 aliphatic rings. The molecule has 7 nitrogen and oxygen atoms in total. The molecule has 1 aromatic carbocycles. The van der Waals surface area contributed by atoms with Gasteiger partial charge in [-0.25, -0.2) is 9.67 Å². The summed E-state index contributed by atoms with van der Waals surface area (Å²) >= 11 is 3.38. The molecule has 158 valence electrons. The number of hydrogen-bond donors (Lipinski definition) is 1. The summed E-state index contributed by atoms with van der Waals surface area (Å²) in [4.78, 5) is 31.0. The van der Waals surface area contributed by atoms with Crippen LogP contribution < -0.4 is 10.2 Å². The Morgan fingerprint density at radius 1 is 1.17 bits per heavy atom. The van der Waals surface area contributed by atoms with E-state index in [0.29, 0.717) is 16.6 Å². The molecule has 0 spiro atoms. The molecule has 0 saturated heterocycles. The second-order valence-electron chi connectivity index (χ2n) is 9.50. The SMILES string of the molecule is CC(=O)N(C)c1ccc(NC(=O)C23C[C@H]4C[C@H](C2)CC(n2cnc(Br)n2)(C4)C3)cc1. The van der Waals surface area contributed by atoms with E-state index in [1.807, 2.05) is 35.3 Å². The van der Waals surface area contributed by atoms with Crippen molar-refractivity contribution in [2.75, 3.05) is 17.3 Å². The highest BCUT2D eigenvalue weighted by Crippen LogP contribution is 2.64. The summed E-state index contributed by atoms with van der Waals surface area (Å²) in [5, 5.41) is 7.75. The first-order valence-corrected chi connectivity index (χ1v) is 11.3. The van der Waals surface area contributed by atoms with Crippen LogP contribution in [-0.2, 0) is 15.1 Å². The Morgan fingerprint density at radius 2 is 1.83 bits per heavy atom. The Labute approximate surface area is 184 Å². The van der Waals surface area contributed by atoms with Crippen molar-refractivity contribution in [2.45, 2.75) is 51.0 Å². The van der Waals surface area contributed by atoms with Crippen LogP contribution in [0.25, 0.3) is 0 Å². The van der Waals surface area contributed by atoms with E-state index >= 15 is 0 Å². The molecule has 6 rings (SSSR count). The number of benzene rings is 1. The lowest BCUT2D eigenvalue weighted by molar-refractivity contribution is -0.150. The molecule has 0 aliphatic heterocycles. The van der Waals surface area contributed by atoms with Crippen LogP contribution in [0.15, 0.2) is 35.3 Å². The van der Waals surface area contributed by atoms with Crippen molar-refractivity contribution in [3.63, 3.8) is 0 Å². The molecule has 4 fully saturated rings. The molecule has 30 heavy (non-hydrogen) atoms. The Kier molecular flexibility index (Phi) is 4.54. The van der Waals surface area contributed by atoms with Gasteiger partial charge in [0.05, 0.1) is 11.0 Å². The first-order chi connectivity index (χ1) is 14.3. The van der Waals surface area contributed by atoms with Gasteiger partial charge < -0.3 is 10.2 Å². The van der Waals surface area contributed by atoms with Crippen molar-refractivity contribution in [2.24, 2.45) is 17.3 Å². The van der Waals surface area contributed by atoms with Crippen molar-refractivity contribution in [1.82, 2.24) is 14.8 Å². The number of rotatable bonds is 4. The fourth-order valence-corrected chi connectivity index (χ4v) is 6.70. The van der Waals surface area contributed by atoms with E-state index in [2.05, 4.69) is 31.3 Å². The number of anilines is 2. The average molecular weight is 472 g/mol. The molecule has 8 heteroatoms. The zero-order valence-corrected chi connectivity index (χ0v) is 18.9. The number of nitrogens with one attached hydrogen (secondary N) is 1. The van der Waals surface area contributed by atoms with Crippen molar-refractivity contribution in [3.8, 4) is 0 Å². The van der Waals surface area contributed by atoms with E-state index in [1.54, 1.807) is 11.9 Å². The Bertz CT molecular complexity index is 987. The van der Waals surface area contributed by atoms with Crippen LogP contribution in [0.3, 0.4) is 0 Å². The molecule has 4 aliphatic carbocycles. The lowest BCUT2D eigenvalue weighted by atomic mass is 9.46. The molecule has 4 bridgehead atoms. The Hall–Kier alpha value is -2.22. The van der Waals surface area contributed by atoms with E-state index in [-0.39, 0.29) is 22.8 Å². The van der Waals surface area contributed by atoms with Crippen molar-refractivity contribution >= 4 is 39.1 Å². The molecule has 1 heterocycles. The van der Waals surface area contributed by atoms with E-state index in [0.717, 1.165) is 43.5 Å². The third-order valence-electron chi connectivity index (χ3n) is 7.45. The second-order valence-corrected chi connectivity index (χ2v) is 10.2. The van der Waals surface area contributed by atoms with Gasteiger partial charge in [0.25, 0.3) is 0 Å². The lowest BCUT2D eigenvalue weighted by Gasteiger charge is -2.60. The van der Waals surface area contributed by atoms with E-state index in [9.17, 15) is 9.59 Å². The number of amides is 2. The predicted molar refractivity (Wildman–Crippen MR) is 117 cm³/mol. The fraction of sp³-hybridized carbons (Fsp3) is 0.545. The van der Waals surface area contributed by atoms with E-state index in [1.165, 1.54) is 13.3 Å². The average Bonchev–Trinajstić information content (AvgIpc) is 3.14. The summed E-state index contributed by atoms with van der Waals surface area (Å²) in [5.74, 6) is 1.22. The van der Waals surface area contributed by atoms with Gasteiger partial charge in [-0.15, -0.1) is 5.10 Å². The minimum absolute atomic E-state index is 0.0228. The highest BCUT2D eigenvalue weighted by atomic mass is 79.9. The van der Waals surface area contributed by atoms with Crippen LogP contribution in [0.2, 0.25) is 0 Å². The number of carbonyl (C=O) groups excluding carboxylic acids is 2. The van der Waals surface area contributed by atoms with Crippen LogP contribution in [0.5, 0.6) is 0 Å². The topological polar surface area (TPSA) is 80.1 Å². The molecule has 1 N–H and O–H groups in total. The molecule has 2 atom stereocenters. The smallest absolute Gasteiger partial charge is 0.230 e. The normalized spacial score (nSPS) is 31.6. The number of nitrogens with zero attached hydrogens (tertiary/aromatic N) is 4. The maximum absolute atomic E-state index is 13.5. The van der Waals surface area contributed by atoms with Crippen molar-refractivity contribution in [1.29, 1.82) is 0 Å². The van der Waals surface area contributed by atoms with E-state index in [4.69, 9.17) is 0 Å². The zero-order valence-electron chi connectivity index (χ0n) is 17.3. The summed E-state index contributed by atoms with van der Waals surface area (Å²) in [6.45, 7) is 1.53. The van der Waals surface area contributed by atoms with Gasteiger partial charge in [0.1, 0.15) is 6.33 Å². The van der Waals surface area contributed by atoms with E-state index < -0.39 is 0 Å². The Morgan fingerprint density at radius 3 is 2.40 bits per heavy atom. The molecule has 0 unspecified atom stereocenters. The largest absolute Gasteiger partial charge is 0.326 e. The van der Waals surface area contributed by atoms with Gasteiger partial charge in [-0.1, -0.05) is 0 Å². The number of hydrogen-bond acceptors (Lipinski definition) is 4. The van der Waals surface area contributed by atoms with Gasteiger partial charge in [0, 0.05) is 25.3 Å². The van der Waals surface area contributed by atoms with Crippen LogP contribution in [0.4, 0.5) is 11.4 Å². The van der Waals surface area contributed by atoms with Crippen LogP contribution in [0.1, 0.15) is 45.4 Å². The third-order valence-corrected chi connectivity index (χ3v) is 7.81. The summed E-state index contributed by atoms with van der Waals surface area (Å²) in [6.07, 6.45) is 7.93. The molecule has 2 aromatic rings. The first-order valence-electron chi connectivity index (χ1n) is 10.5. The predicted octanol–water partition coefficient (Wildman–Crippen LogP) is 3.96. The van der Waals surface area contributed by atoms with Crippen LogP contribution in [0, 0.1) is 17.3 Å². The highest BCUT2D eigenvalue weighted by Gasteiger charge is 2.61. The fourth-order valence-electron chi connectivity index (χ4n) is 6.43. The molecule has 0 radical (unpaired) electrons. The minimum Gasteiger partial charge on any atom is -0.326 e. The van der Waals surface area contributed by atoms with Gasteiger partial charge in [-0.3, -0.25) is 9.59 Å². The van der Waals surface area contributed by atoms with Gasteiger partial charge >= 0.3 is 0 Å². The molecule has 2 amide bonds. The standard InChI is InChI=1S/C22H26BrN5O2/c1-14(29)27(2)18-5-3-17(4-6-18)25-19(30)21-8-15-7-16(9-21)11-22(10-15,12-21)28-13-24-20(23)26-28/h3-6,13,15-16H,7-12H2,1-2H3,(H,25,30)/t15-,16-,21?,22?/m1/s1. The quantitative estimate of drug-likeness (QED) is 0.731. The molecule has 4 saturated carbocycles. The van der Waals surface area contributed by atoms with Crippen molar-refractivity contribution < 1.29 is 9.59 Å². The summed E-state index contributed by atoms with van der Waals surface area (Å²) in [6, 6.07) is 7.48. The molecule has 1 aromatic heterocycles. The number of halogens is 1. The maximum Gasteiger partial charge on any atom is 0.230 e. The summed E-state index contributed by atoms with van der Waals surface area (Å²) in [5.41, 5.74) is 1.13. The van der Waals surface area contributed by atoms with Gasteiger partial charge in [0.2, 0.25) is 16.5 Å². The third kappa shape index (κ3) is 3.16. The van der Waals surface area contributed by atoms with Gasteiger partial charge in [-0.2, -0.15) is 0 Å². The first kappa shape index (κ1) is 19.7. The van der Waals surface area contributed by atoms with Crippen LogP contribution >= 0.6 is 15.9 Å². The number of carbonyl (C=O) groups is 2. The summed E-state index contributed by atoms with van der Waals surface area (Å²) < 4.78 is 2.62. The lowest BCUT2D eigenvalue weighted by Crippen LogP contribution is -2.60. The summed E-state index contributed by atoms with van der Waals surface area (Å²) in [7, 11) is 1.74. The van der Waals surface area contributed by atoms with Crippen LogP contribution in [-0.4, -0.2) is 33.6 Å². The highest BCUT2D eigenvalue weighted by molar-refractivity contribution is 9.10. The number of aromatic nitrogens is 3. The second kappa shape index (κ2) is 6.90. The molecular formula is C22H26BrN5O2. The van der Waals surface area contributed by atoms with Crippen molar-refractivity contribution in [3.05, 3.63) is 35.3 Å². The van der Waals surface area contributed by atoms with Gasteiger partial charge in [-0.05, 0) is 90.6 Å². The van der Waals surface area contributed by atoms with Gasteiger partial charge in [0.15, 0.2) is 0 Å². The maximum atomic E-state index is 13.5.